The highest BCUT2D eigenvalue weighted by Gasteiger charge is 2.11. The standard InChI is InChI=1S/C17H22ClN3OS/c1-3-4-9-17-19-13(12-23-17)10-21(2)11-16(22)20-15-8-6-5-7-14(15)18/h5-8,12H,3-4,9-11H2,1-2H3,(H,20,22). The van der Waals surface area contributed by atoms with E-state index in [9.17, 15) is 4.79 Å². The monoisotopic (exact) mass is 351 g/mol. The van der Waals surface area contributed by atoms with E-state index in [1.54, 1.807) is 23.5 Å². The summed E-state index contributed by atoms with van der Waals surface area (Å²) in [5.74, 6) is -0.0814. The van der Waals surface area contributed by atoms with Crippen molar-refractivity contribution >= 4 is 34.5 Å². The smallest absolute Gasteiger partial charge is 0.238 e. The average molecular weight is 352 g/mol. The maximum absolute atomic E-state index is 12.1. The molecule has 1 aromatic heterocycles. The summed E-state index contributed by atoms with van der Waals surface area (Å²) in [6, 6.07) is 7.23. The summed E-state index contributed by atoms with van der Waals surface area (Å²) >= 11 is 7.74. The van der Waals surface area contributed by atoms with E-state index in [2.05, 4.69) is 22.6 Å². The minimum absolute atomic E-state index is 0.0814. The molecule has 0 aliphatic carbocycles. The number of aromatic nitrogens is 1. The Bertz CT molecular complexity index is 644. The van der Waals surface area contributed by atoms with Crippen molar-refractivity contribution in [3.8, 4) is 0 Å². The number of hydrogen-bond donors (Lipinski definition) is 1. The zero-order valence-electron chi connectivity index (χ0n) is 13.5. The molecule has 1 amide bonds. The lowest BCUT2D eigenvalue weighted by atomic mass is 10.3. The second kappa shape index (κ2) is 9.01. The number of carbonyl (C=O) groups is 1. The van der Waals surface area contributed by atoms with E-state index in [0.717, 1.165) is 12.1 Å². The summed E-state index contributed by atoms with van der Waals surface area (Å²) in [5, 5.41) is 6.63. The van der Waals surface area contributed by atoms with Gasteiger partial charge in [0.1, 0.15) is 0 Å². The minimum atomic E-state index is -0.0814. The number of nitrogens with one attached hydrogen (secondary N) is 1. The molecule has 0 saturated carbocycles. The van der Waals surface area contributed by atoms with Gasteiger partial charge in [0, 0.05) is 11.9 Å². The van der Waals surface area contributed by atoms with Gasteiger partial charge in [0.15, 0.2) is 0 Å². The first-order chi connectivity index (χ1) is 11.1. The van der Waals surface area contributed by atoms with Crippen LogP contribution in [0.2, 0.25) is 5.02 Å². The average Bonchev–Trinajstić information content (AvgIpc) is 2.94. The Morgan fingerprint density at radius 2 is 2.17 bits per heavy atom. The molecular formula is C17H22ClN3OS. The Morgan fingerprint density at radius 3 is 2.91 bits per heavy atom. The number of thiazole rings is 1. The maximum Gasteiger partial charge on any atom is 0.238 e. The first-order valence-electron chi connectivity index (χ1n) is 7.74. The Kier molecular flexibility index (Phi) is 7.02. The number of nitrogens with zero attached hydrogens (tertiary/aromatic N) is 2. The summed E-state index contributed by atoms with van der Waals surface area (Å²) < 4.78 is 0. The van der Waals surface area contributed by atoms with Crippen LogP contribution in [0.25, 0.3) is 0 Å². The molecule has 0 aliphatic rings. The zero-order chi connectivity index (χ0) is 16.7. The highest BCUT2D eigenvalue weighted by molar-refractivity contribution is 7.09. The lowest BCUT2D eigenvalue weighted by Crippen LogP contribution is -2.30. The first kappa shape index (κ1) is 17.9. The highest BCUT2D eigenvalue weighted by atomic mass is 35.5. The molecule has 0 fully saturated rings. The fourth-order valence-corrected chi connectivity index (χ4v) is 3.21. The van der Waals surface area contributed by atoms with Crippen LogP contribution in [-0.2, 0) is 17.8 Å². The summed E-state index contributed by atoms with van der Waals surface area (Å²) in [4.78, 5) is 18.6. The molecule has 0 radical (unpaired) electrons. The van der Waals surface area contributed by atoms with E-state index < -0.39 is 0 Å². The number of amides is 1. The number of benzene rings is 1. The molecule has 1 heterocycles. The largest absolute Gasteiger partial charge is 0.324 e. The molecule has 0 aliphatic heterocycles. The number of halogens is 1. The lowest BCUT2D eigenvalue weighted by Gasteiger charge is -2.15. The predicted octanol–water partition coefficient (Wildman–Crippen LogP) is 4.21. The van der Waals surface area contributed by atoms with Crippen molar-refractivity contribution in [2.75, 3.05) is 18.9 Å². The van der Waals surface area contributed by atoms with Crippen LogP contribution in [0.1, 0.15) is 30.5 Å². The van der Waals surface area contributed by atoms with Gasteiger partial charge in [-0.3, -0.25) is 9.69 Å². The topological polar surface area (TPSA) is 45.2 Å². The molecule has 6 heteroatoms. The summed E-state index contributed by atoms with van der Waals surface area (Å²) in [5.41, 5.74) is 1.66. The van der Waals surface area contributed by atoms with Crippen LogP contribution in [0.5, 0.6) is 0 Å². The summed E-state index contributed by atoms with van der Waals surface area (Å²) in [6.45, 7) is 3.14. The van der Waals surface area contributed by atoms with Gasteiger partial charge in [-0.15, -0.1) is 11.3 Å². The molecule has 124 valence electrons. The van der Waals surface area contributed by atoms with Gasteiger partial charge in [-0.1, -0.05) is 37.1 Å². The molecule has 0 bridgehead atoms. The molecule has 2 aromatic rings. The van der Waals surface area contributed by atoms with E-state index in [-0.39, 0.29) is 5.91 Å². The number of carbonyl (C=O) groups excluding carboxylic acids is 1. The fraction of sp³-hybridized carbons (Fsp3) is 0.412. The van der Waals surface area contributed by atoms with Gasteiger partial charge in [0.05, 0.1) is 28.0 Å². The second-order valence-electron chi connectivity index (χ2n) is 5.54. The van der Waals surface area contributed by atoms with E-state index in [4.69, 9.17) is 11.6 Å². The third kappa shape index (κ3) is 5.94. The van der Waals surface area contributed by atoms with Crippen LogP contribution in [0.3, 0.4) is 0 Å². The molecule has 0 spiro atoms. The van der Waals surface area contributed by atoms with Crippen molar-refractivity contribution < 1.29 is 4.79 Å². The number of hydrogen-bond acceptors (Lipinski definition) is 4. The predicted molar refractivity (Wildman–Crippen MR) is 97.1 cm³/mol. The van der Waals surface area contributed by atoms with Crippen molar-refractivity contribution in [3.63, 3.8) is 0 Å². The van der Waals surface area contributed by atoms with Crippen molar-refractivity contribution in [1.29, 1.82) is 0 Å². The molecule has 1 N–H and O–H groups in total. The Hall–Kier alpha value is -1.43. The SMILES string of the molecule is CCCCc1nc(CN(C)CC(=O)Nc2ccccc2Cl)cs1. The zero-order valence-corrected chi connectivity index (χ0v) is 15.1. The van der Waals surface area contributed by atoms with Crippen LogP contribution in [0.4, 0.5) is 5.69 Å². The lowest BCUT2D eigenvalue weighted by molar-refractivity contribution is -0.117. The quantitative estimate of drug-likeness (QED) is 0.774. The van der Waals surface area contributed by atoms with Gasteiger partial charge in [-0.25, -0.2) is 4.98 Å². The Labute approximate surface area is 146 Å². The number of rotatable bonds is 8. The normalized spacial score (nSPS) is 11.0. The van der Waals surface area contributed by atoms with E-state index in [0.29, 0.717) is 23.8 Å². The van der Waals surface area contributed by atoms with Gasteiger partial charge in [0.2, 0.25) is 5.91 Å². The van der Waals surface area contributed by atoms with Crippen molar-refractivity contribution in [2.24, 2.45) is 0 Å². The number of aryl methyl sites for hydroxylation is 1. The van der Waals surface area contributed by atoms with Crippen LogP contribution >= 0.6 is 22.9 Å². The van der Waals surface area contributed by atoms with Crippen LogP contribution < -0.4 is 5.32 Å². The third-order valence-corrected chi connectivity index (χ3v) is 4.62. The van der Waals surface area contributed by atoms with Crippen molar-refractivity contribution in [1.82, 2.24) is 9.88 Å². The molecular weight excluding hydrogens is 330 g/mol. The second-order valence-corrected chi connectivity index (χ2v) is 6.89. The van der Waals surface area contributed by atoms with Crippen LogP contribution in [0, 0.1) is 0 Å². The van der Waals surface area contributed by atoms with Crippen molar-refractivity contribution in [3.05, 3.63) is 45.4 Å². The van der Waals surface area contributed by atoms with Crippen LogP contribution in [0.15, 0.2) is 29.6 Å². The molecule has 4 nitrogen and oxygen atoms in total. The van der Waals surface area contributed by atoms with E-state index in [1.165, 1.54) is 17.8 Å². The van der Waals surface area contributed by atoms with Gasteiger partial charge in [-0.05, 0) is 32.0 Å². The maximum atomic E-state index is 12.1. The van der Waals surface area contributed by atoms with Crippen molar-refractivity contribution in [2.45, 2.75) is 32.7 Å². The summed E-state index contributed by atoms with van der Waals surface area (Å²) in [6.07, 6.45) is 3.39. The molecule has 0 saturated heterocycles. The van der Waals surface area contributed by atoms with Gasteiger partial charge in [-0.2, -0.15) is 0 Å². The van der Waals surface area contributed by atoms with Crippen LogP contribution in [-0.4, -0.2) is 29.4 Å². The fourth-order valence-electron chi connectivity index (χ4n) is 2.19. The number of anilines is 1. The van der Waals surface area contributed by atoms with E-state index in [1.807, 2.05) is 24.1 Å². The van der Waals surface area contributed by atoms with Gasteiger partial charge < -0.3 is 5.32 Å². The molecule has 0 atom stereocenters. The number of unbranched alkanes of at least 4 members (excludes halogenated alkanes) is 1. The third-order valence-electron chi connectivity index (χ3n) is 3.34. The van der Waals surface area contributed by atoms with Gasteiger partial charge >= 0.3 is 0 Å². The van der Waals surface area contributed by atoms with Gasteiger partial charge in [0.25, 0.3) is 0 Å². The number of para-hydroxylation sites is 1. The minimum Gasteiger partial charge on any atom is -0.324 e. The Morgan fingerprint density at radius 1 is 1.39 bits per heavy atom. The first-order valence-corrected chi connectivity index (χ1v) is 9.00. The summed E-state index contributed by atoms with van der Waals surface area (Å²) in [7, 11) is 1.91. The molecule has 0 unspecified atom stereocenters. The highest BCUT2D eigenvalue weighted by Crippen LogP contribution is 2.20. The molecule has 2 rings (SSSR count). The van der Waals surface area contributed by atoms with E-state index >= 15 is 0 Å². The molecule has 1 aromatic carbocycles. The Balaban J connectivity index is 1.82. The number of likely N-dealkylation sites (N-methyl/N-ethyl adjacent to an activating group) is 1. The molecule has 23 heavy (non-hydrogen) atoms.